The third kappa shape index (κ3) is 1.82. The number of hydrogen-bond donors (Lipinski definition) is 0. The van der Waals surface area contributed by atoms with Crippen LogP contribution < -0.4 is 4.90 Å². The number of likely N-dealkylation sites (N-methyl/N-ethyl adjacent to an activating group) is 1. The van der Waals surface area contributed by atoms with Crippen molar-refractivity contribution < 1.29 is 0 Å². The van der Waals surface area contributed by atoms with Gasteiger partial charge in [0.1, 0.15) is 0 Å². The summed E-state index contributed by atoms with van der Waals surface area (Å²) >= 11 is 0. The maximum atomic E-state index is 2.51. The number of benzene rings is 1. The molecule has 1 atom stereocenters. The molecule has 0 saturated heterocycles. The zero-order chi connectivity index (χ0) is 11.9. The minimum Gasteiger partial charge on any atom is -0.364 e. The molecule has 1 aromatic carbocycles. The zero-order valence-electron chi connectivity index (χ0n) is 11.0. The van der Waals surface area contributed by atoms with Gasteiger partial charge in [0.2, 0.25) is 0 Å². The molecule has 16 heavy (non-hydrogen) atoms. The van der Waals surface area contributed by atoms with Crippen LogP contribution in [0.4, 0.5) is 5.69 Å². The van der Waals surface area contributed by atoms with Crippen LogP contribution in [0.25, 0.3) is 0 Å². The zero-order valence-corrected chi connectivity index (χ0v) is 11.0. The van der Waals surface area contributed by atoms with E-state index in [9.17, 15) is 0 Å². The molecule has 0 amide bonds. The van der Waals surface area contributed by atoms with Crippen LogP contribution in [0.3, 0.4) is 0 Å². The SMILES string of the molecule is CN(C)C1CN(C(C)(C)C)c2ccccc21. The van der Waals surface area contributed by atoms with E-state index in [1.807, 2.05) is 0 Å². The molecule has 1 aliphatic rings. The van der Waals surface area contributed by atoms with Gasteiger partial charge in [0.05, 0.1) is 6.04 Å². The Balaban J connectivity index is 2.43. The normalized spacial score (nSPS) is 20.4. The molecule has 2 nitrogen and oxygen atoms in total. The van der Waals surface area contributed by atoms with Gasteiger partial charge >= 0.3 is 0 Å². The lowest BCUT2D eigenvalue weighted by Gasteiger charge is -2.35. The molecule has 0 saturated carbocycles. The summed E-state index contributed by atoms with van der Waals surface area (Å²) in [5, 5.41) is 0. The predicted molar refractivity (Wildman–Crippen MR) is 70.0 cm³/mol. The minimum atomic E-state index is 0.195. The Morgan fingerprint density at radius 3 is 2.38 bits per heavy atom. The van der Waals surface area contributed by atoms with E-state index in [1.54, 1.807) is 0 Å². The average molecular weight is 218 g/mol. The summed E-state index contributed by atoms with van der Waals surface area (Å²) in [6, 6.07) is 9.29. The summed E-state index contributed by atoms with van der Waals surface area (Å²) in [4.78, 5) is 4.82. The molecule has 1 heterocycles. The smallest absolute Gasteiger partial charge is 0.0539 e. The standard InChI is InChI=1S/C14H22N2/c1-14(2,3)16-10-13(15(4)5)11-8-6-7-9-12(11)16/h6-9,13H,10H2,1-5H3. The molecule has 1 unspecified atom stereocenters. The van der Waals surface area contributed by atoms with E-state index < -0.39 is 0 Å². The van der Waals surface area contributed by atoms with Gasteiger partial charge in [0, 0.05) is 17.8 Å². The van der Waals surface area contributed by atoms with E-state index in [2.05, 4.69) is 68.9 Å². The summed E-state index contributed by atoms with van der Waals surface area (Å²) < 4.78 is 0. The molecule has 0 aromatic heterocycles. The second-order valence-corrected chi connectivity index (χ2v) is 5.82. The van der Waals surface area contributed by atoms with Gasteiger partial charge in [-0.2, -0.15) is 0 Å². The fraction of sp³-hybridized carbons (Fsp3) is 0.571. The van der Waals surface area contributed by atoms with E-state index in [0.717, 1.165) is 6.54 Å². The monoisotopic (exact) mass is 218 g/mol. The van der Waals surface area contributed by atoms with Crippen LogP contribution in [0.15, 0.2) is 24.3 Å². The molecule has 1 aliphatic heterocycles. The summed E-state index contributed by atoms with van der Waals surface area (Å²) in [5.41, 5.74) is 3.05. The third-order valence-corrected chi connectivity index (χ3v) is 3.38. The molecule has 0 bridgehead atoms. The van der Waals surface area contributed by atoms with Crippen molar-refractivity contribution in [3.05, 3.63) is 29.8 Å². The fourth-order valence-corrected chi connectivity index (χ4v) is 2.46. The van der Waals surface area contributed by atoms with Crippen LogP contribution in [0.5, 0.6) is 0 Å². The van der Waals surface area contributed by atoms with Gasteiger partial charge in [0.15, 0.2) is 0 Å². The van der Waals surface area contributed by atoms with Crippen LogP contribution in [-0.4, -0.2) is 31.1 Å². The lowest BCUT2D eigenvalue weighted by Crippen LogP contribution is -2.41. The number of anilines is 1. The Kier molecular flexibility index (Phi) is 2.70. The van der Waals surface area contributed by atoms with Gasteiger partial charge in [0.25, 0.3) is 0 Å². The first-order chi connectivity index (χ1) is 7.41. The van der Waals surface area contributed by atoms with E-state index in [4.69, 9.17) is 0 Å². The maximum Gasteiger partial charge on any atom is 0.0539 e. The highest BCUT2D eigenvalue weighted by Gasteiger charge is 2.34. The van der Waals surface area contributed by atoms with E-state index in [-0.39, 0.29) is 5.54 Å². The van der Waals surface area contributed by atoms with Crippen LogP contribution in [0.2, 0.25) is 0 Å². The van der Waals surface area contributed by atoms with Crippen LogP contribution in [-0.2, 0) is 0 Å². The highest BCUT2D eigenvalue weighted by molar-refractivity contribution is 5.61. The van der Waals surface area contributed by atoms with Crippen molar-refractivity contribution in [2.75, 3.05) is 25.5 Å². The predicted octanol–water partition coefficient (Wildman–Crippen LogP) is 2.91. The second-order valence-electron chi connectivity index (χ2n) is 5.82. The van der Waals surface area contributed by atoms with Crippen molar-refractivity contribution in [3.63, 3.8) is 0 Å². The summed E-state index contributed by atoms with van der Waals surface area (Å²) in [6.07, 6.45) is 0. The van der Waals surface area contributed by atoms with Crippen molar-refractivity contribution in [2.24, 2.45) is 0 Å². The number of nitrogens with zero attached hydrogens (tertiary/aromatic N) is 2. The first kappa shape index (κ1) is 11.5. The van der Waals surface area contributed by atoms with Crippen molar-refractivity contribution >= 4 is 5.69 Å². The Hall–Kier alpha value is -1.02. The minimum absolute atomic E-state index is 0.195. The summed E-state index contributed by atoms with van der Waals surface area (Å²) in [7, 11) is 4.32. The first-order valence-electron chi connectivity index (χ1n) is 5.94. The number of fused-ring (bicyclic) bond motifs is 1. The Labute approximate surface area is 98.9 Å². The van der Waals surface area contributed by atoms with Crippen molar-refractivity contribution in [1.82, 2.24) is 4.90 Å². The van der Waals surface area contributed by atoms with Crippen LogP contribution in [0.1, 0.15) is 32.4 Å². The molecule has 0 spiro atoms. The average Bonchev–Trinajstić information content (AvgIpc) is 2.56. The van der Waals surface area contributed by atoms with Gasteiger partial charge < -0.3 is 9.80 Å². The summed E-state index contributed by atoms with van der Waals surface area (Å²) in [6.45, 7) is 7.93. The van der Waals surface area contributed by atoms with E-state index in [1.165, 1.54) is 11.3 Å². The van der Waals surface area contributed by atoms with Gasteiger partial charge in [-0.3, -0.25) is 0 Å². The molecular weight excluding hydrogens is 196 g/mol. The Morgan fingerprint density at radius 1 is 1.19 bits per heavy atom. The van der Waals surface area contributed by atoms with E-state index >= 15 is 0 Å². The number of hydrogen-bond acceptors (Lipinski definition) is 2. The fourth-order valence-electron chi connectivity index (χ4n) is 2.46. The van der Waals surface area contributed by atoms with Gasteiger partial charge in [-0.25, -0.2) is 0 Å². The molecule has 2 rings (SSSR count). The Bertz CT molecular complexity index is 377. The van der Waals surface area contributed by atoms with Crippen molar-refractivity contribution in [1.29, 1.82) is 0 Å². The van der Waals surface area contributed by atoms with Crippen LogP contribution >= 0.6 is 0 Å². The quantitative estimate of drug-likeness (QED) is 0.715. The summed E-state index contributed by atoms with van der Waals surface area (Å²) in [5.74, 6) is 0. The molecule has 0 N–H and O–H groups in total. The molecule has 0 fully saturated rings. The topological polar surface area (TPSA) is 6.48 Å². The Morgan fingerprint density at radius 2 is 1.81 bits per heavy atom. The van der Waals surface area contributed by atoms with Gasteiger partial charge in [-0.05, 0) is 46.5 Å². The lowest BCUT2D eigenvalue weighted by molar-refractivity contribution is 0.304. The highest BCUT2D eigenvalue weighted by atomic mass is 15.3. The maximum absolute atomic E-state index is 2.51. The molecular formula is C14H22N2. The second kappa shape index (κ2) is 3.77. The van der Waals surface area contributed by atoms with Crippen molar-refractivity contribution in [2.45, 2.75) is 32.4 Å². The first-order valence-corrected chi connectivity index (χ1v) is 5.94. The molecule has 0 radical (unpaired) electrons. The van der Waals surface area contributed by atoms with E-state index in [0.29, 0.717) is 6.04 Å². The van der Waals surface area contributed by atoms with Gasteiger partial charge in [-0.15, -0.1) is 0 Å². The largest absolute Gasteiger partial charge is 0.364 e. The number of rotatable bonds is 1. The van der Waals surface area contributed by atoms with Crippen LogP contribution in [0, 0.1) is 0 Å². The third-order valence-electron chi connectivity index (χ3n) is 3.38. The molecule has 2 heteroatoms. The molecule has 88 valence electrons. The molecule has 0 aliphatic carbocycles. The van der Waals surface area contributed by atoms with Gasteiger partial charge in [-0.1, -0.05) is 18.2 Å². The molecule has 1 aromatic rings. The highest BCUT2D eigenvalue weighted by Crippen LogP contribution is 2.40. The van der Waals surface area contributed by atoms with Crippen molar-refractivity contribution in [3.8, 4) is 0 Å². The lowest BCUT2D eigenvalue weighted by atomic mass is 10.1. The number of para-hydroxylation sites is 1.